The van der Waals surface area contributed by atoms with E-state index in [1.54, 1.807) is 6.07 Å². The molecule has 2 aliphatic rings. The fourth-order valence-electron chi connectivity index (χ4n) is 3.73. The molecule has 2 N–H and O–H groups in total. The van der Waals surface area contributed by atoms with Gasteiger partial charge >= 0.3 is 0 Å². The summed E-state index contributed by atoms with van der Waals surface area (Å²) in [5.41, 5.74) is 7.14. The second-order valence-electron chi connectivity index (χ2n) is 6.68. The summed E-state index contributed by atoms with van der Waals surface area (Å²) in [6, 6.07) is 7.37. The maximum absolute atomic E-state index is 12.5. The summed E-state index contributed by atoms with van der Waals surface area (Å²) in [5, 5.41) is 0. The minimum absolute atomic E-state index is 0. The van der Waals surface area contributed by atoms with Gasteiger partial charge in [-0.15, -0.1) is 24.8 Å². The number of halogens is 2. The summed E-state index contributed by atoms with van der Waals surface area (Å²) in [6.45, 7) is 4.85. The number of para-hydroxylation sites is 1. The summed E-state index contributed by atoms with van der Waals surface area (Å²) in [4.78, 5) is 17.0. The van der Waals surface area contributed by atoms with E-state index in [-0.39, 0.29) is 30.7 Å². The van der Waals surface area contributed by atoms with Crippen molar-refractivity contribution in [1.82, 2.24) is 9.80 Å². The predicted octanol–water partition coefficient (Wildman–Crippen LogP) is 3.45. The van der Waals surface area contributed by atoms with Gasteiger partial charge in [-0.3, -0.25) is 9.69 Å². The van der Waals surface area contributed by atoms with Gasteiger partial charge in [-0.1, -0.05) is 31.4 Å². The highest BCUT2D eigenvalue weighted by Crippen LogP contribution is 2.25. The third-order valence-electron chi connectivity index (χ3n) is 5.09. The van der Waals surface area contributed by atoms with Gasteiger partial charge in [0, 0.05) is 38.4 Å². The van der Waals surface area contributed by atoms with Gasteiger partial charge in [0.15, 0.2) is 0 Å². The topological polar surface area (TPSA) is 49.6 Å². The molecule has 24 heavy (non-hydrogen) atoms. The molecule has 0 radical (unpaired) electrons. The Morgan fingerprint density at radius 2 is 1.62 bits per heavy atom. The molecule has 3 rings (SSSR count). The molecule has 1 saturated heterocycles. The normalized spacial score (nSPS) is 19.2. The number of piperazine rings is 1. The average molecular weight is 374 g/mol. The van der Waals surface area contributed by atoms with Crippen LogP contribution in [-0.2, 0) is 0 Å². The van der Waals surface area contributed by atoms with Crippen LogP contribution in [-0.4, -0.2) is 48.4 Å². The van der Waals surface area contributed by atoms with Crippen LogP contribution < -0.4 is 5.73 Å². The molecule has 0 atom stereocenters. The Kier molecular flexibility index (Phi) is 8.88. The molecule has 1 aromatic rings. The van der Waals surface area contributed by atoms with Gasteiger partial charge < -0.3 is 10.6 Å². The first-order valence-corrected chi connectivity index (χ1v) is 8.60. The summed E-state index contributed by atoms with van der Waals surface area (Å²) < 4.78 is 0. The molecule has 1 saturated carbocycles. The number of nitrogen functional groups attached to an aromatic ring is 1. The van der Waals surface area contributed by atoms with E-state index in [9.17, 15) is 4.79 Å². The van der Waals surface area contributed by atoms with E-state index in [2.05, 4.69) is 4.90 Å². The first-order chi connectivity index (χ1) is 10.7. The molecule has 0 spiro atoms. The van der Waals surface area contributed by atoms with Crippen LogP contribution in [0.3, 0.4) is 0 Å². The zero-order valence-corrected chi connectivity index (χ0v) is 15.8. The number of nitrogens with zero attached hydrogens (tertiary/aromatic N) is 2. The standard InChI is InChI=1S/C18H27N3O.2ClH/c19-17-9-5-4-8-16(17)18(22)21-12-10-20(11-13-21)14-15-6-2-1-3-7-15;;/h4-5,8-9,15H,1-3,6-7,10-14,19H2;2*1H. The van der Waals surface area contributed by atoms with Crippen LogP contribution in [0.25, 0.3) is 0 Å². The summed E-state index contributed by atoms with van der Waals surface area (Å²) in [6.07, 6.45) is 6.99. The molecule has 0 unspecified atom stereocenters. The number of amides is 1. The van der Waals surface area contributed by atoms with Gasteiger partial charge in [0.25, 0.3) is 5.91 Å². The molecule has 1 heterocycles. The number of nitrogens with two attached hydrogens (primary N) is 1. The van der Waals surface area contributed by atoms with E-state index in [1.807, 2.05) is 23.1 Å². The molecule has 4 nitrogen and oxygen atoms in total. The van der Waals surface area contributed by atoms with Crippen molar-refractivity contribution >= 4 is 36.4 Å². The minimum Gasteiger partial charge on any atom is -0.398 e. The van der Waals surface area contributed by atoms with Gasteiger partial charge in [-0.25, -0.2) is 0 Å². The minimum atomic E-state index is 0. The summed E-state index contributed by atoms with van der Waals surface area (Å²) in [5.74, 6) is 0.955. The summed E-state index contributed by atoms with van der Waals surface area (Å²) in [7, 11) is 0. The third kappa shape index (κ3) is 5.27. The van der Waals surface area contributed by atoms with Crippen LogP contribution in [0, 0.1) is 5.92 Å². The highest BCUT2D eigenvalue weighted by Gasteiger charge is 2.25. The number of carbonyl (C=O) groups is 1. The smallest absolute Gasteiger partial charge is 0.256 e. The first kappa shape index (κ1) is 21.1. The van der Waals surface area contributed by atoms with E-state index in [0.29, 0.717) is 11.3 Å². The van der Waals surface area contributed by atoms with E-state index in [0.717, 1.165) is 32.1 Å². The van der Waals surface area contributed by atoms with Gasteiger partial charge in [0.2, 0.25) is 0 Å². The second-order valence-corrected chi connectivity index (χ2v) is 6.68. The lowest BCUT2D eigenvalue weighted by Crippen LogP contribution is -2.50. The highest BCUT2D eigenvalue weighted by atomic mass is 35.5. The molecule has 0 aromatic heterocycles. The predicted molar refractivity (Wildman–Crippen MR) is 104 cm³/mol. The number of anilines is 1. The van der Waals surface area contributed by atoms with Gasteiger partial charge in [0.1, 0.15) is 0 Å². The molecule has 1 amide bonds. The zero-order chi connectivity index (χ0) is 15.4. The Morgan fingerprint density at radius 3 is 2.25 bits per heavy atom. The van der Waals surface area contributed by atoms with E-state index in [1.165, 1.54) is 38.6 Å². The fraction of sp³-hybridized carbons (Fsp3) is 0.611. The van der Waals surface area contributed by atoms with Crippen molar-refractivity contribution in [2.24, 2.45) is 5.92 Å². The van der Waals surface area contributed by atoms with Crippen LogP contribution in [0.2, 0.25) is 0 Å². The van der Waals surface area contributed by atoms with Gasteiger partial charge in [-0.05, 0) is 30.9 Å². The molecule has 1 aromatic carbocycles. The SMILES string of the molecule is Cl.Cl.Nc1ccccc1C(=O)N1CCN(CC2CCCCC2)CC1. The Morgan fingerprint density at radius 1 is 1.00 bits per heavy atom. The van der Waals surface area contributed by atoms with Crippen LogP contribution in [0.1, 0.15) is 42.5 Å². The van der Waals surface area contributed by atoms with E-state index >= 15 is 0 Å². The van der Waals surface area contributed by atoms with Crippen molar-refractivity contribution in [3.8, 4) is 0 Å². The van der Waals surface area contributed by atoms with E-state index in [4.69, 9.17) is 5.73 Å². The molecule has 6 heteroatoms. The van der Waals surface area contributed by atoms with Crippen LogP contribution in [0.4, 0.5) is 5.69 Å². The van der Waals surface area contributed by atoms with E-state index < -0.39 is 0 Å². The number of hydrogen-bond acceptors (Lipinski definition) is 3. The Bertz CT molecular complexity index is 513. The van der Waals surface area contributed by atoms with Crippen molar-refractivity contribution < 1.29 is 4.79 Å². The molecular weight excluding hydrogens is 345 g/mol. The highest BCUT2D eigenvalue weighted by molar-refractivity contribution is 5.99. The number of hydrogen-bond donors (Lipinski definition) is 1. The lowest BCUT2D eigenvalue weighted by molar-refractivity contribution is 0.0607. The van der Waals surface area contributed by atoms with Crippen LogP contribution in [0.15, 0.2) is 24.3 Å². The van der Waals surface area contributed by atoms with Crippen molar-refractivity contribution in [2.75, 3.05) is 38.5 Å². The molecule has 136 valence electrons. The van der Waals surface area contributed by atoms with Crippen molar-refractivity contribution in [1.29, 1.82) is 0 Å². The molecule has 2 fully saturated rings. The zero-order valence-electron chi connectivity index (χ0n) is 14.2. The van der Waals surface area contributed by atoms with Crippen LogP contribution in [0.5, 0.6) is 0 Å². The fourth-order valence-corrected chi connectivity index (χ4v) is 3.73. The monoisotopic (exact) mass is 373 g/mol. The lowest BCUT2D eigenvalue weighted by Gasteiger charge is -2.37. The Hall–Kier alpha value is -0.970. The van der Waals surface area contributed by atoms with Crippen LogP contribution >= 0.6 is 24.8 Å². The molecule has 1 aliphatic heterocycles. The van der Waals surface area contributed by atoms with Crippen molar-refractivity contribution in [3.63, 3.8) is 0 Å². The maximum atomic E-state index is 12.5. The quantitative estimate of drug-likeness (QED) is 0.825. The molecule has 1 aliphatic carbocycles. The summed E-state index contributed by atoms with van der Waals surface area (Å²) >= 11 is 0. The second kappa shape index (κ2) is 10.1. The van der Waals surface area contributed by atoms with Crippen molar-refractivity contribution in [2.45, 2.75) is 32.1 Å². The van der Waals surface area contributed by atoms with Crippen molar-refractivity contribution in [3.05, 3.63) is 29.8 Å². The lowest BCUT2D eigenvalue weighted by atomic mass is 9.89. The molecule has 0 bridgehead atoms. The number of benzene rings is 1. The average Bonchev–Trinajstić information content (AvgIpc) is 2.56. The first-order valence-electron chi connectivity index (χ1n) is 8.60. The molecular formula is C18H29Cl2N3O. The third-order valence-corrected chi connectivity index (χ3v) is 5.09. The Balaban J connectivity index is 0.00000144. The van der Waals surface area contributed by atoms with Gasteiger partial charge in [-0.2, -0.15) is 0 Å². The Labute approximate surface area is 157 Å². The largest absolute Gasteiger partial charge is 0.398 e. The van der Waals surface area contributed by atoms with Gasteiger partial charge in [0.05, 0.1) is 5.56 Å². The number of rotatable bonds is 3. The number of carbonyl (C=O) groups excluding carboxylic acids is 1. The maximum Gasteiger partial charge on any atom is 0.256 e.